The molecule has 2 aromatic rings. The number of aryl methyl sites for hydroxylation is 1. The summed E-state index contributed by atoms with van der Waals surface area (Å²) in [5.74, 6) is 0.977. The van der Waals surface area contributed by atoms with E-state index in [1.807, 2.05) is 31.2 Å². The van der Waals surface area contributed by atoms with Crippen molar-refractivity contribution in [2.24, 2.45) is 0 Å². The Kier molecular flexibility index (Phi) is 4.01. The highest BCUT2D eigenvalue weighted by atomic mass is 32.2. The molecule has 0 bridgehead atoms. The Bertz CT molecular complexity index is 770. The fourth-order valence-electron chi connectivity index (χ4n) is 2.77. The maximum absolute atomic E-state index is 11.7. The van der Waals surface area contributed by atoms with Gasteiger partial charge in [0.25, 0.3) is 0 Å². The van der Waals surface area contributed by atoms with Gasteiger partial charge in [-0.2, -0.15) is 0 Å². The van der Waals surface area contributed by atoms with Crippen LogP contribution in [-0.2, 0) is 10.0 Å². The lowest BCUT2D eigenvalue weighted by Crippen LogP contribution is -2.38. The van der Waals surface area contributed by atoms with E-state index in [-0.39, 0.29) is 5.92 Å². The van der Waals surface area contributed by atoms with Gasteiger partial charge in [-0.15, -0.1) is 10.2 Å². The van der Waals surface area contributed by atoms with Crippen molar-refractivity contribution < 1.29 is 12.8 Å². The summed E-state index contributed by atoms with van der Waals surface area (Å²) in [6.45, 7) is 2.97. The molecule has 3 rings (SSSR count). The van der Waals surface area contributed by atoms with E-state index in [1.165, 1.54) is 10.6 Å². The summed E-state index contributed by atoms with van der Waals surface area (Å²) < 4.78 is 30.7. The van der Waals surface area contributed by atoms with Gasteiger partial charge in [0.15, 0.2) is 0 Å². The van der Waals surface area contributed by atoms with Crippen molar-refractivity contribution >= 4 is 10.0 Å². The summed E-state index contributed by atoms with van der Waals surface area (Å²) in [5.41, 5.74) is 1.98. The zero-order valence-electron chi connectivity index (χ0n) is 12.7. The van der Waals surface area contributed by atoms with E-state index in [9.17, 15) is 8.42 Å². The van der Waals surface area contributed by atoms with Gasteiger partial charge in [-0.3, -0.25) is 0 Å². The molecule has 1 fully saturated rings. The SMILES string of the molecule is Cc1ccccc1-c1nnc([C@H]2CCCN(S(C)(=O)=O)C2)o1. The standard InChI is InChI=1S/C15H19N3O3S/c1-11-6-3-4-8-13(11)15-17-16-14(21-15)12-7-5-9-18(10-12)22(2,19)20/h3-4,6,8,12H,5,7,9-10H2,1-2H3/t12-/m0/s1. The Hall–Kier alpha value is -1.73. The third-order valence-corrected chi connectivity index (χ3v) is 5.29. The molecular weight excluding hydrogens is 302 g/mol. The number of hydrogen-bond donors (Lipinski definition) is 0. The van der Waals surface area contributed by atoms with Crippen LogP contribution >= 0.6 is 0 Å². The van der Waals surface area contributed by atoms with E-state index in [0.717, 1.165) is 24.0 Å². The summed E-state index contributed by atoms with van der Waals surface area (Å²) >= 11 is 0. The van der Waals surface area contributed by atoms with Crippen molar-refractivity contribution in [3.63, 3.8) is 0 Å². The molecule has 0 spiro atoms. The summed E-state index contributed by atoms with van der Waals surface area (Å²) in [6, 6.07) is 7.82. The zero-order valence-corrected chi connectivity index (χ0v) is 13.5. The molecule has 2 heterocycles. The average molecular weight is 321 g/mol. The lowest BCUT2D eigenvalue weighted by Gasteiger charge is -2.28. The second-order valence-corrected chi connectivity index (χ2v) is 7.70. The van der Waals surface area contributed by atoms with Crippen LogP contribution in [-0.4, -0.2) is 42.3 Å². The summed E-state index contributed by atoms with van der Waals surface area (Å²) in [7, 11) is -3.18. The van der Waals surface area contributed by atoms with Gasteiger partial charge < -0.3 is 4.42 Å². The first kappa shape index (κ1) is 15.2. The van der Waals surface area contributed by atoms with E-state index in [4.69, 9.17) is 4.42 Å². The molecule has 0 radical (unpaired) electrons. The molecule has 118 valence electrons. The minimum atomic E-state index is -3.18. The first-order valence-electron chi connectivity index (χ1n) is 7.29. The molecule has 1 aliphatic rings. The van der Waals surface area contributed by atoms with Crippen LogP contribution < -0.4 is 0 Å². The molecule has 1 aromatic heterocycles. The normalized spacial score (nSPS) is 20.2. The number of nitrogens with zero attached hydrogens (tertiary/aromatic N) is 3. The highest BCUT2D eigenvalue weighted by Gasteiger charge is 2.30. The molecule has 0 aliphatic carbocycles. The van der Waals surface area contributed by atoms with Crippen LogP contribution in [0.25, 0.3) is 11.5 Å². The second kappa shape index (κ2) is 5.81. The largest absolute Gasteiger partial charge is 0.420 e. The Morgan fingerprint density at radius 1 is 1.27 bits per heavy atom. The van der Waals surface area contributed by atoms with E-state index in [2.05, 4.69) is 10.2 Å². The monoisotopic (exact) mass is 321 g/mol. The Morgan fingerprint density at radius 3 is 2.77 bits per heavy atom. The Balaban J connectivity index is 1.84. The predicted molar refractivity (Wildman–Crippen MR) is 82.9 cm³/mol. The van der Waals surface area contributed by atoms with Gasteiger partial charge >= 0.3 is 0 Å². The van der Waals surface area contributed by atoms with Crippen molar-refractivity contribution in [3.8, 4) is 11.5 Å². The molecular formula is C15H19N3O3S. The minimum absolute atomic E-state index is 0.0336. The number of piperidine rings is 1. The molecule has 22 heavy (non-hydrogen) atoms. The zero-order chi connectivity index (χ0) is 15.7. The fourth-order valence-corrected chi connectivity index (χ4v) is 3.68. The van der Waals surface area contributed by atoms with E-state index < -0.39 is 10.0 Å². The first-order chi connectivity index (χ1) is 10.4. The molecule has 1 atom stereocenters. The minimum Gasteiger partial charge on any atom is -0.420 e. The van der Waals surface area contributed by atoms with Gasteiger partial charge in [0.2, 0.25) is 21.8 Å². The number of rotatable bonds is 3. The van der Waals surface area contributed by atoms with Gasteiger partial charge in [0, 0.05) is 18.7 Å². The van der Waals surface area contributed by atoms with Crippen molar-refractivity contribution in [3.05, 3.63) is 35.7 Å². The summed E-state index contributed by atoms with van der Waals surface area (Å²) in [6.07, 6.45) is 2.91. The number of aromatic nitrogens is 2. The average Bonchev–Trinajstić information content (AvgIpc) is 2.97. The van der Waals surface area contributed by atoms with Crippen molar-refractivity contribution in [2.45, 2.75) is 25.7 Å². The molecule has 0 N–H and O–H groups in total. The second-order valence-electron chi connectivity index (χ2n) is 5.72. The lowest BCUT2D eigenvalue weighted by molar-refractivity contribution is 0.287. The van der Waals surface area contributed by atoms with Crippen LogP contribution in [0.15, 0.2) is 28.7 Å². The lowest BCUT2D eigenvalue weighted by atomic mass is 10.00. The number of benzene rings is 1. The van der Waals surface area contributed by atoms with Crippen LogP contribution in [0.2, 0.25) is 0 Å². The molecule has 0 unspecified atom stereocenters. The van der Waals surface area contributed by atoms with Gasteiger partial charge in [0.05, 0.1) is 12.2 Å². The van der Waals surface area contributed by atoms with Crippen molar-refractivity contribution in [2.75, 3.05) is 19.3 Å². The molecule has 1 aromatic carbocycles. The van der Waals surface area contributed by atoms with Crippen molar-refractivity contribution in [1.82, 2.24) is 14.5 Å². The highest BCUT2D eigenvalue weighted by Crippen LogP contribution is 2.30. The highest BCUT2D eigenvalue weighted by molar-refractivity contribution is 7.88. The quantitative estimate of drug-likeness (QED) is 0.866. The number of sulfonamides is 1. The Labute approximate surface area is 130 Å². The van der Waals surface area contributed by atoms with Gasteiger partial charge in [0.1, 0.15) is 0 Å². The smallest absolute Gasteiger partial charge is 0.248 e. The van der Waals surface area contributed by atoms with Gasteiger partial charge in [-0.05, 0) is 31.4 Å². The molecule has 1 aliphatic heterocycles. The van der Waals surface area contributed by atoms with Crippen LogP contribution in [0.4, 0.5) is 0 Å². The van der Waals surface area contributed by atoms with E-state index in [0.29, 0.717) is 24.9 Å². The summed E-state index contributed by atoms with van der Waals surface area (Å²) in [4.78, 5) is 0. The molecule has 0 saturated carbocycles. The number of hydrogen-bond acceptors (Lipinski definition) is 5. The third kappa shape index (κ3) is 3.05. The van der Waals surface area contributed by atoms with Gasteiger partial charge in [-0.25, -0.2) is 12.7 Å². The maximum atomic E-state index is 11.7. The predicted octanol–water partition coefficient (Wildman–Crippen LogP) is 2.18. The fraction of sp³-hybridized carbons (Fsp3) is 0.467. The van der Waals surface area contributed by atoms with Crippen molar-refractivity contribution in [1.29, 1.82) is 0 Å². The third-order valence-electron chi connectivity index (χ3n) is 4.02. The maximum Gasteiger partial charge on any atom is 0.248 e. The van der Waals surface area contributed by atoms with E-state index >= 15 is 0 Å². The molecule has 6 nitrogen and oxygen atoms in total. The molecule has 7 heteroatoms. The molecule has 0 amide bonds. The topological polar surface area (TPSA) is 76.3 Å². The van der Waals surface area contributed by atoms with E-state index in [1.54, 1.807) is 0 Å². The first-order valence-corrected chi connectivity index (χ1v) is 9.14. The summed E-state index contributed by atoms with van der Waals surface area (Å²) in [5, 5.41) is 8.26. The van der Waals surface area contributed by atoms with Gasteiger partial charge in [-0.1, -0.05) is 18.2 Å². The van der Waals surface area contributed by atoms with Crippen LogP contribution in [0.1, 0.15) is 30.2 Å². The Morgan fingerprint density at radius 2 is 2.05 bits per heavy atom. The van der Waals surface area contributed by atoms with Crippen LogP contribution in [0.3, 0.4) is 0 Å². The van der Waals surface area contributed by atoms with Crippen LogP contribution in [0, 0.1) is 6.92 Å². The van der Waals surface area contributed by atoms with Crippen LogP contribution in [0.5, 0.6) is 0 Å². The molecule has 1 saturated heterocycles.